The summed E-state index contributed by atoms with van der Waals surface area (Å²) >= 11 is 0. The van der Waals surface area contributed by atoms with Crippen molar-refractivity contribution in [2.45, 2.75) is 6.18 Å². The lowest BCUT2D eigenvalue weighted by molar-refractivity contribution is -0.384. The third-order valence-corrected chi connectivity index (χ3v) is 4.24. The first-order valence-electron chi connectivity index (χ1n) is 8.35. The molecule has 0 aromatic heterocycles. The van der Waals surface area contributed by atoms with Gasteiger partial charge in [0, 0.05) is 30.8 Å². The number of non-ortho nitro benzene ring substituents is 1. The van der Waals surface area contributed by atoms with Gasteiger partial charge in [0.15, 0.2) is 0 Å². The fourth-order valence-corrected chi connectivity index (χ4v) is 2.85. The molecular formula is C18H16F3N3O4. The van der Waals surface area contributed by atoms with Crippen molar-refractivity contribution in [3.63, 3.8) is 0 Å². The van der Waals surface area contributed by atoms with E-state index in [0.717, 1.165) is 18.2 Å². The molecular weight excluding hydrogens is 379 g/mol. The molecule has 1 fully saturated rings. The lowest BCUT2D eigenvalue weighted by atomic mass is 10.1. The molecule has 148 valence electrons. The van der Waals surface area contributed by atoms with Crippen LogP contribution in [0.2, 0.25) is 0 Å². The first kappa shape index (κ1) is 19.6. The van der Waals surface area contributed by atoms with Crippen LogP contribution in [0.1, 0.15) is 15.9 Å². The van der Waals surface area contributed by atoms with E-state index < -0.39 is 22.6 Å². The second-order valence-electron chi connectivity index (χ2n) is 6.09. The SMILES string of the molecule is O=C(Nc1cc(C(F)(F)F)ccc1N1CCOCC1)c1cccc([N+](=O)[O-])c1. The Morgan fingerprint density at radius 3 is 2.50 bits per heavy atom. The van der Waals surface area contributed by atoms with Gasteiger partial charge in [-0.1, -0.05) is 6.07 Å². The Morgan fingerprint density at radius 1 is 1.14 bits per heavy atom. The number of carbonyl (C=O) groups excluding carboxylic acids is 1. The molecule has 1 amide bonds. The molecule has 28 heavy (non-hydrogen) atoms. The Morgan fingerprint density at radius 2 is 1.86 bits per heavy atom. The molecule has 0 bridgehead atoms. The normalized spacial score (nSPS) is 14.6. The lowest BCUT2D eigenvalue weighted by Crippen LogP contribution is -2.36. The molecule has 0 aliphatic carbocycles. The van der Waals surface area contributed by atoms with Gasteiger partial charge in [-0.3, -0.25) is 14.9 Å². The number of nitro groups is 1. The van der Waals surface area contributed by atoms with Crippen LogP contribution < -0.4 is 10.2 Å². The molecule has 1 aliphatic rings. The number of carbonyl (C=O) groups is 1. The number of hydrogen-bond donors (Lipinski definition) is 1. The molecule has 0 radical (unpaired) electrons. The Balaban J connectivity index is 1.94. The van der Waals surface area contributed by atoms with Gasteiger partial charge >= 0.3 is 6.18 Å². The maximum atomic E-state index is 13.1. The summed E-state index contributed by atoms with van der Waals surface area (Å²) in [5.74, 6) is -0.738. The topological polar surface area (TPSA) is 84.7 Å². The summed E-state index contributed by atoms with van der Waals surface area (Å²) in [5, 5.41) is 13.3. The molecule has 10 heteroatoms. The zero-order valence-corrected chi connectivity index (χ0v) is 14.5. The predicted molar refractivity (Wildman–Crippen MR) is 95.5 cm³/mol. The van der Waals surface area contributed by atoms with Crippen molar-refractivity contribution in [2.75, 3.05) is 36.5 Å². The Labute approximate surface area is 157 Å². The molecule has 0 spiro atoms. The zero-order chi connectivity index (χ0) is 20.3. The summed E-state index contributed by atoms with van der Waals surface area (Å²) in [4.78, 5) is 24.6. The van der Waals surface area contributed by atoms with Crippen LogP contribution in [0.25, 0.3) is 0 Å². The van der Waals surface area contributed by atoms with E-state index in [2.05, 4.69) is 5.32 Å². The van der Waals surface area contributed by atoms with Crippen molar-refractivity contribution in [2.24, 2.45) is 0 Å². The van der Waals surface area contributed by atoms with E-state index in [9.17, 15) is 28.1 Å². The molecule has 1 saturated heterocycles. The number of benzene rings is 2. The van der Waals surface area contributed by atoms with Crippen LogP contribution in [0, 0.1) is 10.1 Å². The van der Waals surface area contributed by atoms with Crippen molar-refractivity contribution in [3.8, 4) is 0 Å². The summed E-state index contributed by atoms with van der Waals surface area (Å²) in [5.41, 5.74) is -0.813. The fourth-order valence-electron chi connectivity index (χ4n) is 2.85. The lowest BCUT2D eigenvalue weighted by Gasteiger charge is -2.31. The molecule has 2 aromatic rings. The van der Waals surface area contributed by atoms with Gasteiger partial charge < -0.3 is 15.0 Å². The van der Waals surface area contributed by atoms with Crippen molar-refractivity contribution in [3.05, 3.63) is 63.7 Å². The molecule has 0 atom stereocenters. The summed E-state index contributed by atoms with van der Waals surface area (Å²) < 4.78 is 44.6. The van der Waals surface area contributed by atoms with E-state index >= 15 is 0 Å². The van der Waals surface area contributed by atoms with E-state index in [4.69, 9.17) is 4.74 Å². The molecule has 1 heterocycles. The highest BCUT2D eigenvalue weighted by molar-refractivity contribution is 6.06. The van der Waals surface area contributed by atoms with E-state index in [1.165, 1.54) is 24.3 Å². The number of anilines is 2. The number of nitrogens with zero attached hydrogens (tertiary/aromatic N) is 2. The van der Waals surface area contributed by atoms with Gasteiger partial charge in [-0.05, 0) is 24.3 Å². The maximum Gasteiger partial charge on any atom is 0.416 e. The van der Waals surface area contributed by atoms with Gasteiger partial charge in [0.25, 0.3) is 11.6 Å². The number of nitro benzene ring substituents is 1. The Hall–Kier alpha value is -3.14. The molecule has 2 aromatic carbocycles. The van der Waals surface area contributed by atoms with E-state index in [-0.39, 0.29) is 16.9 Å². The van der Waals surface area contributed by atoms with Crippen LogP contribution in [0.3, 0.4) is 0 Å². The highest BCUT2D eigenvalue weighted by Crippen LogP contribution is 2.36. The third kappa shape index (κ3) is 4.39. The molecule has 7 nitrogen and oxygen atoms in total. The molecule has 1 N–H and O–H groups in total. The third-order valence-electron chi connectivity index (χ3n) is 4.24. The van der Waals surface area contributed by atoms with Gasteiger partial charge in [0.2, 0.25) is 0 Å². The minimum Gasteiger partial charge on any atom is -0.378 e. The number of hydrogen-bond acceptors (Lipinski definition) is 5. The second-order valence-corrected chi connectivity index (χ2v) is 6.09. The average molecular weight is 395 g/mol. The van der Waals surface area contributed by atoms with Crippen LogP contribution >= 0.6 is 0 Å². The quantitative estimate of drug-likeness (QED) is 0.630. The van der Waals surface area contributed by atoms with Crippen molar-refractivity contribution in [1.29, 1.82) is 0 Å². The van der Waals surface area contributed by atoms with E-state index in [1.807, 2.05) is 4.90 Å². The fraction of sp³-hybridized carbons (Fsp3) is 0.278. The largest absolute Gasteiger partial charge is 0.416 e. The zero-order valence-electron chi connectivity index (χ0n) is 14.5. The van der Waals surface area contributed by atoms with E-state index in [1.54, 1.807) is 0 Å². The average Bonchev–Trinajstić information content (AvgIpc) is 2.68. The summed E-state index contributed by atoms with van der Waals surface area (Å²) in [6, 6.07) is 8.09. The van der Waals surface area contributed by atoms with Crippen LogP contribution in [-0.4, -0.2) is 37.1 Å². The highest BCUT2D eigenvalue weighted by Gasteiger charge is 2.32. The molecule has 3 rings (SSSR count). The molecule has 1 aliphatic heterocycles. The predicted octanol–water partition coefficient (Wildman–Crippen LogP) is 3.70. The van der Waals surface area contributed by atoms with Crippen LogP contribution in [0.5, 0.6) is 0 Å². The number of rotatable bonds is 4. The number of morpholine rings is 1. The molecule has 0 unspecified atom stereocenters. The van der Waals surface area contributed by atoms with Gasteiger partial charge in [0.1, 0.15) is 0 Å². The maximum absolute atomic E-state index is 13.1. The van der Waals surface area contributed by atoms with Gasteiger partial charge in [-0.25, -0.2) is 0 Å². The summed E-state index contributed by atoms with van der Waals surface area (Å²) in [7, 11) is 0. The second kappa shape index (κ2) is 7.85. The standard InChI is InChI=1S/C18H16F3N3O4/c19-18(20,21)13-4-5-16(23-6-8-28-9-7-23)15(11-13)22-17(25)12-2-1-3-14(10-12)24(26)27/h1-5,10-11H,6-9H2,(H,22,25). The van der Waals surface area contributed by atoms with Gasteiger partial charge in [0.05, 0.1) is 35.1 Å². The van der Waals surface area contributed by atoms with Crippen LogP contribution in [0.15, 0.2) is 42.5 Å². The highest BCUT2D eigenvalue weighted by atomic mass is 19.4. The Bertz CT molecular complexity index is 896. The number of halogens is 3. The summed E-state index contributed by atoms with van der Waals surface area (Å²) in [6.45, 7) is 1.76. The van der Waals surface area contributed by atoms with Crippen molar-refractivity contribution in [1.82, 2.24) is 0 Å². The van der Waals surface area contributed by atoms with E-state index in [0.29, 0.717) is 32.0 Å². The molecule has 0 saturated carbocycles. The summed E-state index contributed by atoms with van der Waals surface area (Å²) in [6.07, 6.45) is -4.57. The smallest absolute Gasteiger partial charge is 0.378 e. The first-order chi connectivity index (χ1) is 13.3. The van der Waals surface area contributed by atoms with Crippen molar-refractivity contribution >= 4 is 23.0 Å². The first-order valence-corrected chi connectivity index (χ1v) is 8.35. The minimum atomic E-state index is -4.57. The number of alkyl halides is 3. The monoisotopic (exact) mass is 395 g/mol. The number of nitrogens with one attached hydrogen (secondary N) is 1. The van der Waals surface area contributed by atoms with Crippen LogP contribution in [-0.2, 0) is 10.9 Å². The van der Waals surface area contributed by atoms with Crippen molar-refractivity contribution < 1.29 is 27.6 Å². The number of amides is 1. The Kier molecular flexibility index (Phi) is 5.50. The van der Waals surface area contributed by atoms with Gasteiger partial charge in [-0.2, -0.15) is 13.2 Å². The number of ether oxygens (including phenoxy) is 1. The van der Waals surface area contributed by atoms with Crippen LogP contribution in [0.4, 0.5) is 30.2 Å². The minimum absolute atomic E-state index is 0.0202. The van der Waals surface area contributed by atoms with Gasteiger partial charge in [-0.15, -0.1) is 0 Å².